The Bertz CT molecular complexity index is 183. The van der Waals surface area contributed by atoms with Gasteiger partial charge in [-0.25, -0.2) is 0 Å². The molecular weight excluding hydrogens is 196 g/mol. The summed E-state index contributed by atoms with van der Waals surface area (Å²) >= 11 is 0. The Morgan fingerprint density at radius 3 is 2.62 bits per heavy atom. The maximum Gasteiger partial charge on any atom is 0.000966 e. The summed E-state index contributed by atoms with van der Waals surface area (Å²) in [5.41, 5.74) is 0. The van der Waals surface area contributed by atoms with Crippen LogP contribution in [0.3, 0.4) is 0 Å². The van der Waals surface area contributed by atoms with E-state index in [1.165, 1.54) is 71.2 Å². The van der Waals surface area contributed by atoms with E-state index in [4.69, 9.17) is 0 Å². The Kier molecular flexibility index (Phi) is 5.11. The highest BCUT2D eigenvalue weighted by Gasteiger charge is 2.23. The fourth-order valence-electron chi connectivity index (χ4n) is 2.84. The second-order valence-corrected chi connectivity index (χ2v) is 5.75. The van der Waals surface area contributed by atoms with E-state index in [2.05, 4.69) is 17.1 Å². The van der Waals surface area contributed by atoms with Crippen LogP contribution in [0.4, 0.5) is 0 Å². The molecule has 0 aromatic rings. The second-order valence-electron chi connectivity index (χ2n) is 5.75. The number of hydrogen-bond acceptors (Lipinski definition) is 2. The summed E-state index contributed by atoms with van der Waals surface area (Å²) in [5.74, 6) is 2.03. The van der Waals surface area contributed by atoms with Gasteiger partial charge in [-0.3, -0.25) is 0 Å². The molecule has 2 heteroatoms. The highest BCUT2D eigenvalue weighted by molar-refractivity contribution is 4.78. The molecule has 0 spiro atoms. The number of nitrogens with zero attached hydrogens (tertiary/aromatic N) is 1. The van der Waals surface area contributed by atoms with Gasteiger partial charge < -0.3 is 10.2 Å². The van der Waals surface area contributed by atoms with Crippen LogP contribution in [-0.2, 0) is 0 Å². The lowest BCUT2D eigenvalue weighted by Crippen LogP contribution is -2.28. The van der Waals surface area contributed by atoms with Crippen molar-refractivity contribution in [1.82, 2.24) is 10.2 Å². The van der Waals surface area contributed by atoms with E-state index in [0.717, 1.165) is 11.8 Å². The Hall–Kier alpha value is -0.0800. The van der Waals surface area contributed by atoms with Crippen LogP contribution in [0.2, 0.25) is 0 Å². The van der Waals surface area contributed by atoms with Crippen LogP contribution in [0.25, 0.3) is 0 Å². The van der Waals surface area contributed by atoms with E-state index >= 15 is 0 Å². The Labute approximate surface area is 101 Å². The van der Waals surface area contributed by atoms with Crippen molar-refractivity contribution in [1.29, 1.82) is 0 Å². The molecule has 1 N–H and O–H groups in total. The Morgan fingerprint density at radius 1 is 1.12 bits per heavy atom. The third-order valence-electron chi connectivity index (χ3n) is 4.00. The lowest BCUT2D eigenvalue weighted by Gasteiger charge is -2.22. The van der Waals surface area contributed by atoms with Gasteiger partial charge in [-0.2, -0.15) is 0 Å². The monoisotopic (exact) mass is 224 g/mol. The van der Waals surface area contributed by atoms with Gasteiger partial charge in [-0.1, -0.05) is 6.92 Å². The predicted molar refractivity (Wildman–Crippen MR) is 69.7 cm³/mol. The minimum absolute atomic E-state index is 0.976. The first kappa shape index (κ1) is 12.4. The quantitative estimate of drug-likeness (QED) is 0.681. The van der Waals surface area contributed by atoms with E-state index in [9.17, 15) is 0 Å². The zero-order valence-corrected chi connectivity index (χ0v) is 10.9. The van der Waals surface area contributed by atoms with Gasteiger partial charge in [0.1, 0.15) is 0 Å². The van der Waals surface area contributed by atoms with Gasteiger partial charge in [-0.05, 0) is 76.5 Å². The van der Waals surface area contributed by atoms with Crippen molar-refractivity contribution < 1.29 is 0 Å². The summed E-state index contributed by atoms with van der Waals surface area (Å²) < 4.78 is 0. The summed E-state index contributed by atoms with van der Waals surface area (Å²) in [6, 6.07) is 0. The van der Waals surface area contributed by atoms with E-state index in [-0.39, 0.29) is 0 Å². The first-order chi connectivity index (χ1) is 7.88. The number of hydrogen-bond donors (Lipinski definition) is 1. The SMILES string of the molecule is CCCN(CCCC1CCNC1)CC1CC1. The van der Waals surface area contributed by atoms with Crippen LogP contribution in [0, 0.1) is 11.8 Å². The van der Waals surface area contributed by atoms with Gasteiger partial charge in [0, 0.05) is 6.54 Å². The molecule has 2 aliphatic rings. The summed E-state index contributed by atoms with van der Waals surface area (Å²) in [6.07, 6.45) is 8.57. The molecule has 1 atom stereocenters. The van der Waals surface area contributed by atoms with Crippen molar-refractivity contribution in [2.24, 2.45) is 11.8 Å². The van der Waals surface area contributed by atoms with Gasteiger partial charge >= 0.3 is 0 Å². The molecule has 2 rings (SSSR count). The molecule has 0 radical (unpaired) electrons. The minimum atomic E-state index is 0.976. The van der Waals surface area contributed by atoms with Gasteiger partial charge in [0.2, 0.25) is 0 Å². The smallest absolute Gasteiger partial charge is 0.000966 e. The lowest BCUT2D eigenvalue weighted by atomic mass is 10.0. The molecule has 1 saturated heterocycles. The standard InChI is InChI=1S/C14H28N2/c1-2-9-16(12-14-5-6-14)10-3-4-13-7-8-15-11-13/h13-15H,2-12H2,1H3. The predicted octanol–water partition coefficient (Wildman–Crippen LogP) is 2.50. The van der Waals surface area contributed by atoms with Crippen LogP contribution in [0.5, 0.6) is 0 Å². The van der Waals surface area contributed by atoms with Crippen molar-refractivity contribution in [3.63, 3.8) is 0 Å². The molecule has 0 amide bonds. The zero-order chi connectivity index (χ0) is 11.2. The molecule has 0 bridgehead atoms. The molecule has 0 aromatic heterocycles. The molecule has 16 heavy (non-hydrogen) atoms. The van der Waals surface area contributed by atoms with E-state index < -0.39 is 0 Å². The van der Waals surface area contributed by atoms with Crippen LogP contribution in [0.1, 0.15) is 45.4 Å². The van der Waals surface area contributed by atoms with Gasteiger partial charge in [0.25, 0.3) is 0 Å². The van der Waals surface area contributed by atoms with Gasteiger partial charge in [0.15, 0.2) is 0 Å². The molecule has 0 aromatic carbocycles. The second kappa shape index (κ2) is 6.61. The van der Waals surface area contributed by atoms with E-state index in [1.54, 1.807) is 0 Å². The molecule has 1 unspecified atom stereocenters. The first-order valence-electron chi connectivity index (χ1n) is 7.31. The average molecular weight is 224 g/mol. The largest absolute Gasteiger partial charge is 0.316 e. The summed E-state index contributed by atoms with van der Waals surface area (Å²) in [4.78, 5) is 2.71. The molecule has 2 nitrogen and oxygen atoms in total. The molecule has 1 aliphatic carbocycles. The van der Waals surface area contributed by atoms with Crippen molar-refractivity contribution in [2.45, 2.75) is 45.4 Å². The summed E-state index contributed by atoms with van der Waals surface area (Å²) in [5, 5.41) is 3.46. The third kappa shape index (κ3) is 4.42. The fourth-order valence-corrected chi connectivity index (χ4v) is 2.84. The lowest BCUT2D eigenvalue weighted by molar-refractivity contribution is 0.252. The fraction of sp³-hybridized carbons (Fsp3) is 1.00. The van der Waals surface area contributed by atoms with Gasteiger partial charge in [-0.15, -0.1) is 0 Å². The van der Waals surface area contributed by atoms with Crippen LogP contribution in [0.15, 0.2) is 0 Å². The van der Waals surface area contributed by atoms with Crippen molar-refractivity contribution in [3.8, 4) is 0 Å². The van der Waals surface area contributed by atoms with Crippen LogP contribution in [-0.4, -0.2) is 37.6 Å². The molecule has 2 fully saturated rings. The van der Waals surface area contributed by atoms with E-state index in [0.29, 0.717) is 0 Å². The maximum atomic E-state index is 3.46. The third-order valence-corrected chi connectivity index (χ3v) is 4.00. The molecule has 1 saturated carbocycles. The average Bonchev–Trinajstić information content (AvgIpc) is 2.93. The highest BCUT2D eigenvalue weighted by Crippen LogP contribution is 2.29. The van der Waals surface area contributed by atoms with Crippen LogP contribution >= 0.6 is 0 Å². The van der Waals surface area contributed by atoms with Crippen molar-refractivity contribution in [2.75, 3.05) is 32.7 Å². The first-order valence-corrected chi connectivity index (χ1v) is 7.31. The number of nitrogens with one attached hydrogen (secondary N) is 1. The number of rotatable bonds is 8. The van der Waals surface area contributed by atoms with Crippen molar-refractivity contribution >= 4 is 0 Å². The van der Waals surface area contributed by atoms with Crippen molar-refractivity contribution in [3.05, 3.63) is 0 Å². The molecule has 1 aliphatic heterocycles. The normalized spacial score (nSPS) is 25.5. The Balaban J connectivity index is 1.56. The molecule has 94 valence electrons. The molecular formula is C14H28N2. The summed E-state index contributed by atoms with van der Waals surface area (Å²) in [7, 11) is 0. The summed E-state index contributed by atoms with van der Waals surface area (Å²) in [6.45, 7) is 8.89. The zero-order valence-electron chi connectivity index (χ0n) is 10.9. The topological polar surface area (TPSA) is 15.3 Å². The minimum Gasteiger partial charge on any atom is -0.316 e. The highest BCUT2D eigenvalue weighted by atomic mass is 15.1. The maximum absolute atomic E-state index is 3.46. The van der Waals surface area contributed by atoms with Gasteiger partial charge in [0.05, 0.1) is 0 Å². The van der Waals surface area contributed by atoms with E-state index in [1.807, 2.05) is 0 Å². The Morgan fingerprint density at radius 2 is 2.00 bits per heavy atom. The van der Waals surface area contributed by atoms with Crippen LogP contribution < -0.4 is 5.32 Å². The molecule has 1 heterocycles.